The lowest BCUT2D eigenvalue weighted by molar-refractivity contribution is 0.483. The van der Waals surface area contributed by atoms with Gasteiger partial charge >= 0.3 is 11.7 Å². The van der Waals surface area contributed by atoms with Gasteiger partial charge in [0.25, 0.3) is 5.69 Å². The number of para-hydroxylation sites is 2. The van der Waals surface area contributed by atoms with E-state index in [4.69, 9.17) is 20.7 Å². The number of fused-ring (bicyclic) bond motifs is 4. The predicted molar refractivity (Wildman–Crippen MR) is 252 cm³/mol. The van der Waals surface area contributed by atoms with E-state index in [9.17, 15) is 0 Å². The second-order valence-electron chi connectivity index (χ2n) is 18.7. The fourth-order valence-corrected chi connectivity index (χ4v) is 7.93. The highest BCUT2D eigenvalue weighted by molar-refractivity contribution is 6.16. The first kappa shape index (κ1) is 30.5. The Morgan fingerprint density at radius 1 is 0.633 bits per heavy atom. The van der Waals surface area contributed by atoms with E-state index in [2.05, 4.69) is 92.6 Å². The van der Waals surface area contributed by atoms with Gasteiger partial charge in [-0.25, -0.2) is 4.98 Å². The molecule has 0 aliphatic carbocycles. The van der Waals surface area contributed by atoms with Gasteiger partial charge in [0.2, 0.25) is 11.4 Å². The molecule has 9 rings (SSSR count). The summed E-state index contributed by atoms with van der Waals surface area (Å²) in [4.78, 5) is 4.85. The number of aromatic nitrogens is 2. The Morgan fingerprint density at radius 3 is 2.07 bits per heavy atom. The monoisotopic (exact) mass is 794 g/mol. The third-order valence-electron chi connectivity index (χ3n) is 11.3. The van der Waals surface area contributed by atoms with E-state index in [1.54, 1.807) is 24.4 Å². The molecule has 0 amide bonds. The molecular formula is C55H54N4O+2. The second-order valence-corrected chi connectivity index (χ2v) is 18.7. The van der Waals surface area contributed by atoms with Crippen molar-refractivity contribution >= 4 is 50.6 Å². The number of hydrogen-bond acceptors (Lipinski definition) is 2. The van der Waals surface area contributed by atoms with E-state index in [0.717, 1.165) is 33.3 Å². The van der Waals surface area contributed by atoms with Gasteiger partial charge in [-0.05, 0) is 90.4 Å². The topological polar surface area (TPSA) is 33.1 Å². The summed E-state index contributed by atoms with van der Waals surface area (Å²) in [5.74, 6) is 1.43. The van der Waals surface area contributed by atoms with Gasteiger partial charge in [0.15, 0.2) is 0 Å². The van der Waals surface area contributed by atoms with Crippen LogP contribution in [-0.2, 0) is 16.2 Å². The molecule has 1 aliphatic heterocycles. The number of hydrogen-bond donors (Lipinski definition) is 0. The summed E-state index contributed by atoms with van der Waals surface area (Å²) in [5.41, 5.74) is 7.44. The molecule has 0 fully saturated rings. The maximum atomic E-state index is 9.13. The molecule has 5 heteroatoms. The zero-order chi connectivity index (χ0) is 49.0. The molecule has 298 valence electrons. The Labute approximate surface area is 365 Å². The zero-order valence-corrected chi connectivity index (χ0v) is 35.7. The van der Waals surface area contributed by atoms with Crippen LogP contribution < -0.4 is 13.9 Å². The minimum atomic E-state index is -2.43. The summed E-state index contributed by atoms with van der Waals surface area (Å²) < 4.78 is 82.4. The summed E-state index contributed by atoms with van der Waals surface area (Å²) in [7, 11) is 0. The third-order valence-corrected chi connectivity index (χ3v) is 11.3. The molecule has 0 bridgehead atoms. The molecule has 0 unspecified atom stereocenters. The van der Waals surface area contributed by atoms with Crippen LogP contribution in [0.4, 0.5) is 22.7 Å². The fourth-order valence-electron chi connectivity index (χ4n) is 7.93. The highest BCUT2D eigenvalue weighted by atomic mass is 16.5. The van der Waals surface area contributed by atoms with E-state index in [0.29, 0.717) is 50.8 Å². The summed E-state index contributed by atoms with van der Waals surface area (Å²) in [6.45, 7) is 17.0. The summed E-state index contributed by atoms with van der Waals surface area (Å²) in [5, 5.41) is 1.49. The van der Waals surface area contributed by atoms with Crippen LogP contribution in [0.2, 0.25) is 0 Å². The molecule has 6 aromatic carbocycles. The highest BCUT2D eigenvalue weighted by Gasteiger charge is 2.39. The van der Waals surface area contributed by atoms with E-state index >= 15 is 0 Å². The van der Waals surface area contributed by atoms with Crippen LogP contribution in [0.15, 0.2) is 146 Å². The van der Waals surface area contributed by atoms with Crippen molar-refractivity contribution < 1.29 is 15.7 Å². The summed E-state index contributed by atoms with van der Waals surface area (Å²) in [6.07, 6.45) is 1.79. The van der Waals surface area contributed by atoms with Crippen LogP contribution in [0.5, 0.6) is 11.5 Å². The van der Waals surface area contributed by atoms with Gasteiger partial charge in [-0.15, -0.1) is 0 Å². The smallest absolute Gasteiger partial charge is 0.457 e. The number of ether oxygens (including phenoxy) is 1. The fraction of sp³-hybridized carbons (Fsp3) is 0.236. The van der Waals surface area contributed by atoms with Gasteiger partial charge in [-0.3, -0.25) is 4.57 Å². The molecule has 0 atom stereocenters. The SMILES string of the molecule is [2H]c1c([2H])c([2H])c(-c2cc(Oc3cccc([N+]4=C=[N+](c5cc(C(C)(C)C)cc(C(C)(C)C)c5)c5c4cccc5C([2H])([2H])[2H])c3)cc3c2c2ccccc2n3-c2cc(C(C)(C)C)ccn2)c([2H])c1[2H]. The van der Waals surface area contributed by atoms with Crippen molar-refractivity contribution in [2.24, 2.45) is 0 Å². The van der Waals surface area contributed by atoms with Gasteiger partial charge in [0, 0.05) is 57.0 Å². The van der Waals surface area contributed by atoms with E-state index in [1.165, 1.54) is 0 Å². The molecule has 0 radical (unpaired) electrons. The van der Waals surface area contributed by atoms with Crippen molar-refractivity contribution in [1.29, 1.82) is 0 Å². The summed E-state index contributed by atoms with van der Waals surface area (Å²) >= 11 is 0. The molecule has 5 nitrogen and oxygen atoms in total. The van der Waals surface area contributed by atoms with Crippen LogP contribution in [0.1, 0.15) is 95.5 Å². The lowest BCUT2D eigenvalue weighted by Gasteiger charge is -2.24. The minimum Gasteiger partial charge on any atom is -0.457 e. The Kier molecular flexibility index (Phi) is 7.28. The Morgan fingerprint density at radius 2 is 1.35 bits per heavy atom. The lowest BCUT2D eigenvalue weighted by atomic mass is 9.80. The van der Waals surface area contributed by atoms with E-state index in [-0.39, 0.29) is 39.5 Å². The largest absolute Gasteiger partial charge is 0.503 e. The first-order chi connectivity index (χ1) is 31.8. The van der Waals surface area contributed by atoms with Crippen LogP contribution in [-0.4, -0.2) is 15.6 Å². The maximum absolute atomic E-state index is 9.13. The van der Waals surface area contributed by atoms with E-state index in [1.807, 2.05) is 80.4 Å². The Hall–Kier alpha value is -6.55. The van der Waals surface area contributed by atoms with Gasteiger partial charge in [0.05, 0.1) is 24.0 Å². The van der Waals surface area contributed by atoms with Crippen LogP contribution in [0.3, 0.4) is 0 Å². The normalized spacial score (nSPS) is 15.2. The van der Waals surface area contributed by atoms with Crippen molar-refractivity contribution in [2.75, 3.05) is 0 Å². The summed E-state index contributed by atoms with van der Waals surface area (Å²) in [6, 6.07) is 36.2. The number of nitrogens with zero attached hydrogens (tertiary/aromatic N) is 4. The molecule has 0 N–H and O–H groups in total. The molecule has 8 aromatic rings. The number of benzene rings is 6. The molecular weight excluding hydrogens is 733 g/mol. The number of pyridine rings is 1. The predicted octanol–water partition coefficient (Wildman–Crippen LogP) is 14.7. The van der Waals surface area contributed by atoms with Crippen molar-refractivity contribution in [3.8, 4) is 28.4 Å². The van der Waals surface area contributed by atoms with Crippen molar-refractivity contribution in [3.05, 3.63) is 168 Å². The molecule has 0 saturated carbocycles. The van der Waals surface area contributed by atoms with Gasteiger partial charge in [-0.1, -0.05) is 135 Å². The van der Waals surface area contributed by atoms with Crippen LogP contribution >= 0.6 is 0 Å². The molecule has 0 saturated heterocycles. The van der Waals surface area contributed by atoms with Gasteiger partial charge in [-0.2, -0.15) is 0 Å². The van der Waals surface area contributed by atoms with Crippen LogP contribution in [0.25, 0.3) is 38.8 Å². The second kappa shape index (κ2) is 14.3. The quantitative estimate of drug-likeness (QED) is 0.157. The van der Waals surface area contributed by atoms with Gasteiger partial charge in [0.1, 0.15) is 17.3 Å². The highest BCUT2D eigenvalue weighted by Crippen LogP contribution is 2.44. The Balaban J connectivity index is 1.28. The first-order valence-electron chi connectivity index (χ1n) is 24.4. The maximum Gasteiger partial charge on any atom is 0.503 e. The number of rotatable bonds is 6. The first-order valence-corrected chi connectivity index (χ1v) is 20.4. The molecule has 60 heavy (non-hydrogen) atoms. The van der Waals surface area contributed by atoms with Crippen molar-refractivity contribution in [1.82, 2.24) is 18.7 Å². The standard InChI is InChI=1S/C55H54N4O/c1-36-18-16-25-48-52(36)58(42-29-39(54(5,6)7)28-40(30-42)55(8,9)10)35-57(48)41-21-17-22-43(32-41)60-44-33-46(37-19-12-11-13-20-37)51-45-23-14-15-24-47(45)59(49(51)34-44)50-31-38(26-27-56-50)53(2,3)4/h11-34H,1-10H3/q+2/i1D3,11D,12D,13D,19D,20D. The lowest BCUT2D eigenvalue weighted by Crippen LogP contribution is -2.17. The van der Waals surface area contributed by atoms with E-state index < -0.39 is 25.0 Å². The molecule has 2 aromatic heterocycles. The average molecular weight is 795 g/mol. The van der Waals surface area contributed by atoms with Crippen molar-refractivity contribution in [3.63, 3.8) is 0 Å². The Bertz CT molecular complexity index is 3410. The third kappa shape index (κ3) is 7.03. The van der Waals surface area contributed by atoms with Gasteiger partial charge < -0.3 is 4.74 Å². The van der Waals surface area contributed by atoms with Crippen molar-refractivity contribution in [2.45, 2.75) is 85.4 Å². The number of aryl methyl sites for hydroxylation is 1. The zero-order valence-electron chi connectivity index (χ0n) is 43.7. The minimum absolute atomic E-state index is 0.0488. The molecule has 3 heterocycles. The van der Waals surface area contributed by atoms with Crippen LogP contribution in [0, 0.1) is 6.85 Å². The average Bonchev–Trinajstić information content (AvgIpc) is 3.83. The molecule has 0 spiro atoms. The molecule has 1 aliphatic rings.